The fourth-order valence-electron chi connectivity index (χ4n) is 7.53. The van der Waals surface area contributed by atoms with Crippen LogP contribution in [0.15, 0.2) is 36.5 Å². The van der Waals surface area contributed by atoms with E-state index in [9.17, 15) is 35.4 Å². The molecule has 0 spiro atoms. The number of hydrogen-bond donors (Lipinski definition) is 7. The van der Waals surface area contributed by atoms with Crippen molar-refractivity contribution in [2.24, 2.45) is 0 Å². The molecule has 1 aliphatic heterocycles. The van der Waals surface area contributed by atoms with Crippen LogP contribution in [0.5, 0.6) is 0 Å². The van der Waals surface area contributed by atoms with Gasteiger partial charge in [0, 0.05) is 0 Å². The third kappa shape index (κ3) is 29.3. The number of carbonyl (C=O) groups is 1. The van der Waals surface area contributed by atoms with Gasteiger partial charge in [-0.15, -0.1) is 0 Å². The van der Waals surface area contributed by atoms with Gasteiger partial charge in [-0.05, 0) is 38.5 Å². The first-order valence-corrected chi connectivity index (χ1v) is 24.3. The number of allylic oxidation sites excluding steroid dienone is 5. The lowest BCUT2D eigenvalue weighted by Crippen LogP contribution is -2.60. The van der Waals surface area contributed by atoms with Crippen LogP contribution in [-0.4, -0.2) is 98.7 Å². The quantitative estimate of drug-likeness (QED) is 0.0235. The number of rotatable bonds is 40. The number of hydrogen-bond acceptors (Lipinski definition) is 9. The second kappa shape index (κ2) is 39.2. The van der Waals surface area contributed by atoms with Crippen LogP contribution in [0.3, 0.4) is 0 Å². The van der Waals surface area contributed by atoms with E-state index in [2.05, 4.69) is 43.5 Å². The van der Waals surface area contributed by atoms with Gasteiger partial charge in [0.1, 0.15) is 30.5 Å². The maximum absolute atomic E-state index is 13.0. The molecule has 0 aromatic carbocycles. The van der Waals surface area contributed by atoms with Crippen molar-refractivity contribution in [1.82, 2.24) is 5.32 Å². The summed E-state index contributed by atoms with van der Waals surface area (Å²) in [5, 5.41) is 64.6. The van der Waals surface area contributed by atoms with E-state index < -0.39 is 61.5 Å². The Balaban J connectivity index is 2.33. The molecule has 0 bridgehead atoms. The van der Waals surface area contributed by atoms with Crippen LogP contribution in [0.2, 0.25) is 0 Å². The molecular formula is C49H91NO9. The highest BCUT2D eigenvalue weighted by Crippen LogP contribution is 2.23. The van der Waals surface area contributed by atoms with E-state index in [-0.39, 0.29) is 6.61 Å². The Hall–Kier alpha value is -1.63. The second-order valence-corrected chi connectivity index (χ2v) is 17.0. The minimum Gasteiger partial charge on any atom is -0.394 e. The van der Waals surface area contributed by atoms with Crippen LogP contribution in [0.1, 0.15) is 206 Å². The summed E-state index contributed by atoms with van der Waals surface area (Å²) in [5.41, 5.74) is 0. The lowest BCUT2D eigenvalue weighted by atomic mass is 9.99. The zero-order valence-electron chi connectivity index (χ0n) is 37.6. The predicted molar refractivity (Wildman–Crippen MR) is 241 cm³/mol. The average Bonchev–Trinajstić information content (AvgIpc) is 3.23. The second-order valence-electron chi connectivity index (χ2n) is 17.0. The molecule has 0 radical (unpaired) electrons. The smallest absolute Gasteiger partial charge is 0.249 e. The van der Waals surface area contributed by atoms with Crippen molar-refractivity contribution in [2.45, 2.75) is 255 Å². The summed E-state index contributed by atoms with van der Waals surface area (Å²) in [6.45, 7) is 3.54. The highest BCUT2D eigenvalue weighted by atomic mass is 16.7. The summed E-state index contributed by atoms with van der Waals surface area (Å²) in [5.74, 6) is -0.630. The molecule has 1 amide bonds. The molecular weight excluding hydrogens is 747 g/mol. The minimum absolute atomic E-state index is 0.304. The minimum atomic E-state index is -1.62. The molecule has 0 aromatic rings. The molecule has 0 saturated carbocycles. The SMILES string of the molecule is CCCC/C=C/CC/C=C/CC/C=C/C(O)C(COC1OC(CO)C(O)C(O)C1O)NC(=O)C(O)CCCCCCCCCCCCCCCCCCCCCCCC. The van der Waals surface area contributed by atoms with Gasteiger partial charge >= 0.3 is 0 Å². The Morgan fingerprint density at radius 1 is 0.576 bits per heavy atom. The van der Waals surface area contributed by atoms with Gasteiger partial charge in [-0.25, -0.2) is 0 Å². The normalized spacial score (nSPS) is 21.5. The topological polar surface area (TPSA) is 169 Å². The van der Waals surface area contributed by atoms with Crippen LogP contribution in [0.25, 0.3) is 0 Å². The molecule has 0 aromatic heterocycles. The average molecular weight is 838 g/mol. The monoisotopic (exact) mass is 838 g/mol. The highest BCUT2D eigenvalue weighted by molar-refractivity contribution is 5.80. The van der Waals surface area contributed by atoms with E-state index in [0.717, 1.165) is 44.9 Å². The Morgan fingerprint density at radius 3 is 1.46 bits per heavy atom. The molecule has 346 valence electrons. The van der Waals surface area contributed by atoms with E-state index in [1.54, 1.807) is 6.08 Å². The number of carbonyl (C=O) groups excluding carboxylic acids is 1. The predicted octanol–water partition coefficient (Wildman–Crippen LogP) is 9.42. The molecule has 1 saturated heterocycles. The van der Waals surface area contributed by atoms with Gasteiger partial charge in [0.25, 0.3) is 0 Å². The number of aliphatic hydroxyl groups excluding tert-OH is 6. The summed E-state index contributed by atoms with van der Waals surface area (Å²) in [4.78, 5) is 13.0. The molecule has 8 atom stereocenters. The summed E-state index contributed by atoms with van der Waals surface area (Å²) in [6.07, 6.45) is 38.2. The number of aliphatic hydroxyl groups is 6. The van der Waals surface area contributed by atoms with Crippen molar-refractivity contribution >= 4 is 5.91 Å². The first kappa shape index (κ1) is 55.4. The van der Waals surface area contributed by atoms with Crippen LogP contribution < -0.4 is 5.32 Å². The molecule has 1 heterocycles. The van der Waals surface area contributed by atoms with Crippen molar-refractivity contribution in [3.8, 4) is 0 Å². The first-order chi connectivity index (χ1) is 28.8. The molecule has 1 rings (SSSR count). The molecule has 10 heteroatoms. The van der Waals surface area contributed by atoms with Gasteiger partial charge < -0.3 is 45.4 Å². The number of nitrogens with one attached hydrogen (secondary N) is 1. The Bertz CT molecular complexity index is 1040. The number of amides is 1. The lowest BCUT2D eigenvalue weighted by molar-refractivity contribution is -0.302. The summed E-state index contributed by atoms with van der Waals surface area (Å²) in [7, 11) is 0. The first-order valence-electron chi connectivity index (χ1n) is 24.3. The molecule has 1 aliphatic rings. The lowest BCUT2D eigenvalue weighted by Gasteiger charge is -2.40. The van der Waals surface area contributed by atoms with Gasteiger partial charge in [-0.3, -0.25) is 4.79 Å². The molecule has 59 heavy (non-hydrogen) atoms. The standard InChI is InChI=1S/C49H91NO9/c1-3-5-7-9-11-13-15-17-18-19-20-21-22-23-24-25-26-28-30-32-34-36-38-43(53)48(57)50-41(40-58-49-47(56)46(55)45(54)44(39-51)59-49)42(52)37-35-33-31-29-27-16-14-12-10-8-6-4-2/h10,12,27,29,35,37,41-47,49,51-56H,3-9,11,13-26,28,30-34,36,38-40H2,1-2H3,(H,50,57)/b12-10+,29-27+,37-35+. The van der Waals surface area contributed by atoms with Gasteiger partial charge in [0.15, 0.2) is 6.29 Å². The van der Waals surface area contributed by atoms with Crippen LogP contribution in [0.4, 0.5) is 0 Å². The fraction of sp³-hybridized carbons (Fsp3) is 0.857. The Labute approximate surface area is 360 Å². The van der Waals surface area contributed by atoms with Gasteiger partial charge in [-0.2, -0.15) is 0 Å². The van der Waals surface area contributed by atoms with Crippen molar-refractivity contribution in [3.63, 3.8) is 0 Å². The maximum atomic E-state index is 13.0. The highest BCUT2D eigenvalue weighted by Gasteiger charge is 2.44. The van der Waals surface area contributed by atoms with Crippen molar-refractivity contribution in [1.29, 1.82) is 0 Å². The van der Waals surface area contributed by atoms with Crippen LogP contribution >= 0.6 is 0 Å². The molecule has 10 nitrogen and oxygen atoms in total. The number of ether oxygens (including phenoxy) is 2. The number of unbranched alkanes of at least 4 members (excludes halogenated alkanes) is 25. The largest absolute Gasteiger partial charge is 0.394 e. The molecule has 1 fully saturated rings. The zero-order chi connectivity index (χ0) is 43.2. The zero-order valence-corrected chi connectivity index (χ0v) is 37.6. The van der Waals surface area contributed by atoms with Crippen molar-refractivity contribution < 1.29 is 44.9 Å². The van der Waals surface area contributed by atoms with E-state index in [0.29, 0.717) is 19.3 Å². The van der Waals surface area contributed by atoms with Gasteiger partial charge in [-0.1, -0.05) is 204 Å². The maximum Gasteiger partial charge on any atom is 0.249 e. The third-order valence-electron chi connectivity index (χ3n) is 11.6. The van der Waals surface area contributed by atoms with E-state index >= 15 is 0 Å². The Morgan fingerprint density at radius 2 is 1.00 bits per heavy atom. The van der Waals surface area contributed by atoms with E-state index in [1.165, 1.54) is 128 Å². The van der Waals surface area contributed by atoms with Crippen molar-refractivity contribution in [3.05, 3.63) is 36.5 Å². The van der Waals surface area contributed by atoms with Gasteiger partial charge in [0.05, 0.1) is 25.4 Å². The van der Waals surface area contributed by atoms with Crippen LogP contribution in [0, 0.1) is 0 Å². The van der Waals surface area contributed by atoms with Crippen molar-refractivity contribution in [2.75, 3.05) is 13.2 Å². The van der Waals surface area contributed by atoms with Gasteiger partial charge in [0.2, 0.25) is 5.91 Å². The summed E-state index contributed by atoms with van der Waals surface area (Å²) < 4.78 is 11.1. The summed E-state index contributed by atoms with van der Waals surface area (Å²) >= 11 is 0. The molecule has 7 N–H and O–H groups in total. The summed E-state index contributed by atoms with van der Waals surface area (Å²) in [6, 6.07) is -1.000. The van der Waals surface area contributed by atoms with E-state index in [1.807, 2.05) is 6.08 Å². The molecule has 8 unspecified atom stereocenters. The fourth-order valence-corrected chi connectivity index (χ4v) is 7.53. The molecule has 0 aliphatic carbocycles. The van der Waals surface area contributed by atoms with Crippen LogP contribution in [-0.2, 0) is 14.3 Å². The third-order valence-corrected chi connectivity index (χ3v) is 11.6. The van der Waals surface area contributed by atoms with E-state index in [4.69, 9.17) is 9.47 Å². The Kier molecular flexibility index (Phi) is 36.8.